The van der Waals surface area contributed by atoms with E-state index >= 15 is 0 Å². The molecule has 0 aromatic rings. The van der Waals surface area contributed by atoms with Crippen LogP contribution in [0.25, 0.3) is 0 Å². The lowest BCUT2D eigenvalue weighted by Crippen LogP contribution is -2.38. The molecule has 2 fully saturated rings. The summed E-state index contributed by atoms with van der Waals surface area (Å²) in [5.74, 6) is 0.894. The van der Waals surface area contributed by atoms with Crippen molar-refractivity contribution >= 4 is 0 Å². The topological polar surface area (TPSA) is 39.1 Å². The summed E-state index contributed by atoms with van der Waals surface area (Å²) in [6.45, 7) is 9.00. The quantitative estimate of drug-likeness (QED) is 0.767. The van der Waals surface area contributed by atoms with E-state index in [4.69, 9.17) is 5.26 Å². The Morgan fingerprint density at radius 3 is 2.47 bits per heavy atom. The first-order chi connectivity index (χ1) is 9.11. The summed E-state index contributed by atoms with van der Waals surface area (Å²) in [5.41, 5.74) is -0.149. The van der Waals surface area contributed by atoms with Crippen molar-refractivity contribution in [3.63, 3.8) is 0 Å². The van der Waals surface area contributed by atoms with Crippen LogP contribution >= 0.6 is 0 Å². The summed E-state index contributed by atoms with van der Waals surface area (Å²) >= 11 is 0. The zero-order valence-electron chi connectivity index (χ0n) is 12.6. The Balaban J connectivity index is 1.72. The molecule has 108 valence electrons. The average Bonchev–Trinajstić information content (AvgIpc) is 3.23. The van der Waals surface area contributed by atoms with Gasteiger partial charge in [-0.2, -0.15) is 5.26 Å². The first-order valence-corrected chi connectivity index (χ1v) is 7.97. The molecular weight excluding hydrogens is 234 g/mol. The smallest absolute Gasteiger partial charge is 0.0683 e. The summed E-state index contributed by atoms with van der Waals surface area (Å²) < 4.78 is 0. The van der Waals surface area contributed by atoms with Gasteiger partial charge in [0.05, 0.1) is 11.5 Å². The third-order valence-corrected chi connectivity index (χ3v) is 4.56. The third kappa shape index (κ3) is 5.12. The summed E-state index contributed by atoms with van der Waals surface area (Å²) in [5, 5.41) is 12.5. The Morgan fingerprint density at radius 2 is 1.89 bits per heavy atom. The van der Waals surface area contributed by atoms with Crippen molar-refractivity contribution in [2.75, 3.05) is 26.2 Å². The monoisotopic (exact) mass is 263 g/mol. The van der Waals surface area contributed by atoms with Crippen LogP contribution < -0.4 is 5.32 Å². The normalized spacial score (nSPS) is 21.6. The number of hydrogen-bond acceptors (Lipinski definition) is 3. The SMILES string of the molecule is CC(C)(C#N)CCCN(CC1CCNCC1)C1CC1. The van der Waals surface area contributed by atoms with E-state index in [2.05, 4.69) is 30.1 Å². The first-order valence-electron chi connectivity index (χ1n) is 7.97. The number of hydrogen-bond donors (Lipinski definition) is 1. The highest BCUT2D eigenvalue weighted by atomic mass is 15.2. The average molecular weight is 263 g/mol. The Hall–Kier alpha value is -0.590. The highest BCUT2D eigenvalue weighted by Gasteiger charge is 2.30. The zero-order chi connectivity index (χ0) is 13.7. The molecule has 3 nitrogen and oxygen atoms in total. The van der Waals surface area contributed by atoms with Crippen molar-refractivity contribution in [3.8, 4) is 6.07 Å². The molecule has 3 heteroatoms. The predicted octanol–water partition coefficient (Wildman–Crippen LogP) is 2.78. The molecule has 2 rings (SSSR count). The molecule has 0 amide bonds. The van der Waals surface area contributed by atoms with Crippen LogP contribution in [-0.2, 0) is 0 Å². The Kier molecular flexibility index (Phi) is 5.24. The lowest BCUT2D eigenvalue weighted by Gasteiger charge is -2.30. The van der Waals surface area contributed by atoms with E-state index in [0.29, 0.717) is 0 Å². The van der Waals surface area contributed by atoms with E-state index in [9.17, 15) is 0 Å². The Morgan fingerprint density at radius 1 is 1.21 bits per heavy atom. The second-order valence-electron chi connectivity index (χ2n) is 7.02. The third-order valence-electron chi connectivity index (χ3n) is 4.56. The molecular formula is C16H29N3. The molecule has 0 unspecified atom stereocenters. The van der Waals surface area contributed by atoms with Crippen molar-refractivity contribution in [1.82, 2.24) is 10.2 Å². The standard InChI is InChI=1S/C16H29N3/c1-16(2,13-17)8-3-11-19(15-4-5-15)12-14-6-9-18-10-7-14/h14-15,18H,3-12H2,1-2H3. The van der Waals surface area contributed by atoms with Gasteiger partial charge in [0.2, 0.25) is 0 Å². The molecule has 1 aliphatic heterocycles. The number of piperidine rings is 1. The second-order valence-corrected chi connectivity index (χ2v) is 7.02. The predicted molar refractivity (Wildman–Crippen MR) is 78.8 cm³/mol. The molecule has 19 heavy (non-hydrogen) atoms. The van der Waals surface area contributed by atoms with Crippen LogP contribution in [0.4, 0.5) is 0 Å². The molecule has 2 aliphatic rings. The zero-order valence-corrected chi connectivity index (χ0v) is 12.6. The highest BCUT2D eigenvalue weighted by Crippen LogP contribution is 2.30. The van der Waals surface area contributed by atoms with Gasteiger partial charge in [-0.1, -0.05) is 0 Å². The van der Waals surface area contributed by atoms with Crippen molar-refractivity contribution in [1.29, 1.82) is 5.26 Å². The van der Waals surface area contributed by atoms with Crippen LogP contribution in [0.3, 0.4) is 0 Å². The van der Waals surface area contributed by atoms with Crippen LogP contribution in [0, 0.1) is 22.7 Å². The Labute approximate surface area is 118 Å². The summed E-state index contributed by atoms with van der Waals surface area (Å²) in [7, 11) is 0. The maximum absolute atomic E-state index is 9.07. The summed E-state index contributed by atoms with van der Waals surface area (Å²) in [6.07, 6.45) is 7.67. The molecule has 1 heterocycles. The van der Waals surface area contributed by atoms with E-state index in [0.717, 1.165) is 18.4 Å². The fourth-order valence-electron chi connectivity index (χ4n) is 3.04. The molecule has 0 bridgehead atoms. The van der Waals surface area contributed by atoms with Gasteiger partial charge in [0.25, 0.3) is 0 Å². The molecule has 0 aromatic heterocycles. The van der Waals surface area contributed by atoms with Crippen molar-refractivity contribution in [3.05, 3.63) is 0 Å². The van der Waals surface area contributed by atoms with Crippen molar-refractivity contribution in [2.24, 2.45) is 11.3 Å². The fraction of sp³-hybridized carbons (Fsp3) is 0.938. The molecule has 1 saturated heterocycles. The minimum Gasteiger partial charge on any atom is -0.317 e. The van der Waals surface area contributed by atoms with E-state index in [-0.39, 0.29) is 5.41 Å². The van der Waals surface area contributed by atoms with Crippen molar-refractivity contribution in [2.45, 2.75) is 58.4 Å². The maximum Gasteiger partial charge on any atom is 0.0683 e. The van der Waals surface area contributed by atoms with Crippen LogP contribution in [0.2, 0.25) is 0 Å². The first kappa shape index (κ1) is 14.8. The molecule has 0 spiro atoms. The van der Waals surface area contributed by atoms with E-state index in [1.807, 2.05) is 0 Å². The highest BCUT2D eigenvalue weighted by molar-refractivity contribution is 4.92. The van der Waals surface area contributed by atoms with Crippen LogP contribution in [-0.4, -0.2) is 37.1 Å². The number of nitrogens with zero attached hydrogens (tertiary/aromatic N) is 2. The van der Waals surface area contributed by atoms with E-state index in [1.165, 1.54) is 58.3 Å². The van der Waals surface area contributed by atoms with Gasteiger partial charge >= 0.3 is 0 Å². The lowest BCUT2D eigenvalue weighted by atomic mass is 9.89. The van der Waals surface area contributed by atoms with Crippen molar-refractivity contribution < 1.29 is 0 Å². The van der Waals surface area contributed by atoms with Crippen LogP contribution in [0.15, 0.2) is 0 Å². The fourth-order valence-corrected chi connectivity index (χ4v) is 3.04. The molecule has 0 aromatic carbocycles. The Bertz CT molecular complexity index is 308. The van der Waals surface area contributed by atoms with Gasteiger partial charge in [-0.15, -0.1) is 0 Å². The second kappa shape index (κ2) is 6.72. The lowest BCUT2D eigenvalue weighted by molar-refractivity contribution is 0.189. The largest absolute Gasteiger partial charge is 0.317 e. The summed E-state index contributed by atoms with van der Waals surface area (Å²) in [4.78, 5) is 2.71. The van der Waals surface area contributed by atoms with Gasteiger partial charge in [0.1, 0.15) is 0 Å². The number of nitrogens with one attached hydrogen (secondary N) is 1. The van der Waals surface area contributed by atoms with Crippen LogP contribution in [0.1, 0.15) is 52.4 Å². The van der Waals surface area contributed by atoms with Gasteiger partial charge in [-0.25, -0.2) is 0 Å². The van der Waals surface area contributed by atoms with Gasteiger partial charge in [-0.3, -0.25) is 0 Å². The van der Waals surface area contributed by atoms with Gasteiger partial charge in [0, 0.05) is 12.6 Å². The minimum atomic E-state index is -0.149. The molecule has 1 N–H and O–H groups in total. The summed E-state index contributed by atoms with van der Waals surface area (Å²) in [6, 6.07) is 3.28. The van der Waals surface area contributed by atoms with E-state index in [1.54, 1.807) is 0 Å². The number of rotatable bonds is 7. The van der Waals surface area contributed by atoms with Gasteiger partial charge in [0.15, 0.2) is 0 Å². The molecule has 0 radical (unpaired) electrons. The molecule has 1 aliphatic carbocycles. The number of nitriles is 1. The maximum atomic E-state index is 9.07. The van der Waals surface area contributed by atoms with E-state index < -0.39 is 0 Å². The van der Waals surface area contributed by atoms with Gasteiger partial charge in [-0.05, 0) is 77.9 Å². The van der Waals surface area contributed by atoms with Crippen LogP contribution in [0.5, 0.6) is 0 Å². The minimum absolute atomic E-state index is 0.149. The van der Waals surface area contributed by atoms with Gasteiger partial charge < -0.3 is 10.2 Å². The molecule has 0 atom stereocenters. The molecule has 1 saturated carbocycles.